The van der Waals surface area contributed by atoms with Gasteiger partial charge in [-0.15, -0.1) is 0 Å². The molecule has 6 heteroatoms. The summed E-state index contributed by atoms with van der Waals surface area (Å²) in [6, 6.07) is 17.9. The van der Waals surface area contributed by atoms with Gasteiger partial charge in [0, 0.05) is 30.3 Å². The van der Waals surface area contributed by atoms with Crippen LogP contribution >= 0.6 is 0 Å². The molecule has 0 aliphatic rings. The smallest absolute Gasteiger partial charge is 0.343 e. The van der Waals surface area contributed by atoms with Gasteiger partial charge in [0.1, 0.15) is 0 Å². The Hall–Kier alpha value is -3.93. The second-order valence-corrected chi connectivity index (χ2v) is 6.08. The van der Waals surface area contributed by atoms with Crippen LogP contribution in [0.25, 0.3) is 5.69 Å². The summed E-state index contributed by atoms with van der Waals surface area (Å²) >= 11 is 0. The van der Waals surface area contributed by atoms with E-state index in [0.29, 0.717) is 22.9 Å². The van der Waals surface area contributed by atoms with Crippen LogP contribution in [0, 0.1) is 6.92 Å². The molecule has 0 unspecified atom stereocenters. The number of pyridine rings is 1. The quantitative estimate of drug-likeness (QED) is 0.379. The minimum absolute atomic E-state index is 0.330. The number of hydrogen-bond donors (Lipinski definition) is 0. The molecule has 0 aliphatic carbocycles. The van der Waals surface area contributed by atoms with E-state index in [0.717, 1.165) is 11.3 Å². The molecule has 4 rings (SSSR count). The van der Waals surface area contributed by atoms with E-state index in [2.05, 4.69) is 9.97 Å². The molecule has 0 radical (unpaired) electrons. The van der Waals surface area contributed by atoms with Gasteiger partial charge in [-0.25, -0.2) is 14.8 Å². The zero-order valence-electron chi connectivity index (χ0n) is 15.1. The molecule has 138 valence electrons. The number of nitrogens with zero attached hydrogens (tertiary/aromatic N) is 3. The Kier molecular flexibility index (Phi) is 4.84. The first kappa shape index (κ1) is 17.5. The zero-order chi connectivity index (χ0) is 19.3. The molecule has 0 fully saturated rings. The van der Waals surface area contributed by atoms with Crippen molar-refractivity contribution in [2.75, 3.05) is 0 Å². The number of ether oxygens (including phenoxy) is 2. The summed E-state index contributed by atoms with van der Waals surface area (Å²) in [6.07, 6.45) is 6.89. The first-order chi connectivity index (χ1) is 13.7. The van der Waals surface area contributed by atoms with Crippen LogP contribution in [-0.2, 0) is 0 Å². The Labute approximate surface area is 162 Å². The van der Waals surface area contributed by atoms with Gasteiger partial charge in [0.15, 0.2) is 11.5 Å². The fraction of sp³-hybridized carbons (Fsp3) is 0.0455. The van der Waals surface area contributed by atoms with E-state index in [1.54, 1.807) is 61.2 Å². The molecular weight excluding hydrogens is 354 g/mol. The van der Waals surface area contributed by atoms with E-state index in [-0.39, 0.29) is 0 Å². The fourth-order valence-electron chi connectivity index (χ4n) is 2.74. The van der Waals surface area contributed by atoms with Crippen molar-refractivity contribution in [3.05, 3.63) is 96.7 Å². The SMILES string of the molecule is Cc1cc(-n2ccnc2)ccc1C(=O)Oc1ccccc1Oc1ccccn1. The average molecular weight is 371 g/mol. The number of aryl methyl sites for hydroxylation is 1. The van der Waals surface area contributed by atoms with Gasteiger partial charge in [0.05, 0.1) is 11.9 Å². The summed E-state index contributed by atoms with van der Waals surface area (Å²) in [5.41, 5.74) is 2.21. The van der Waals surface area contributed by atoms with E-state index in [4.69, 9.17) is 9.47 Å². The second kappa shape index (κ2) is 7.75. The molecule has 0 atom stereocenters. The maximum Gasteiger partial charge on any atom is 0.343 e. The Morgan fingerprint density at radius 3 is 2.50 bits per heavy atom. The number of hydrogen-bond acceptors (Lipinski definition) is 5. The number of aromatic nitrogens is 3. The van der Waals surface area contributed by atoms with Crippen molar-refractivity contribution in [2.45, 2.75) is 6.92 Å². The lowest BCUT2D eigenvalue weighted by Crippen LogP contribution is -2.11. The second-order valence-electron chi connectivity index (χ2n) is 6.08. The summed E-state index contributed by atoms with van der Waals surface area (Å²) in [5, 5.41) is 0. The van der Waals surface area contributed by atoms with Gasteiger partial charge in [0.25, 0.3) is 0 Å². The van der Waals surface area contributed by atoms with Crippen LogP contribution in [-0.4, -0.2) is 20.5 Å². The Balaban J connectivity index is 1.56. The molecule has 6 nitrogen and oxygen atoms in total. The molecule has 0 amide bonds. The van der Waals surface area contributed by atoms with Crippen LogP contribution in [0.15, 0.2) is 85.6 Å². The molecule has 2 aromatic carbocycles. The molecule has 0 bridgehead atoms. The number of imidazole rings is 1. The summed E-state index contributed by atoms with van der Waals surface area (Å²) in [4.78, 5) is 20.9. The maximum absolute atomic E-state index is 12.7. The molecule has 4 aromatic rings. The number of carbonyl (C=O) groups is 1. The van der Waals surface area contributed by atoms with E-state index in [9.17, 15) is 4.79 Å². The lowest BCUT2D eigenvalue weighted by atomic mass is 10.1. The topological polar surface area (TPSA) is 66.2 Å². The van der Waals surface area contributed by atoms with Crippen molar-refractivity contribution in [3.8, 4) is 23.1 Å². The summed E-state index contributed by atoms with van der Waals surface area (Å²) in [5.74, 6) is 0.720. The summed E-state index contributed by atoms with van der Waals surface area (Å²) in [6.45, 7) is 1.87. The molecule has 0 N–H and O–H groups in total. The number of esters is 1. The molecule has 0 saturated carbocycles. The molecule has 0 aliphatic heterocycles. The molecule has 0 saturated heterocycles. The highest BCUT2D eigenvalue weighted by molar-refractivity contribution is 5.93. The highest BCUT2D eigenvalue weighted by Crippen LogP contribution is 2.31. The van der Waals surface area contributed by atoms with Gasteiger partial charge in [-0.3, -0.25) is 0 Å². The lowest BCUT2D eigenvalue weighted by molar-refractivity contribution is 0.0729. The van der Waals surface area contributed by atoms with Crippen LogP contribution in [0.3, 0.4) is 0 Å². The highest BCUT2D eigenvalue weighted by Gasteiger charge is 2.15. The van der Waals surface area contributed by atoms with Gasteiger partial charge < -0.3 is 14.0 Å². The number of benzene rings is 2. The van der Waals surface area contributed by atoms with Gasteiger partial charge in [-0.2, -0.15) is 0 Å². The largest absolute Gasteiger partial charge is 0.435 e. The maximum atomic E-state index is 12.7. The summed E-state index contributed by atoms with van der Waals surface area (Å²) < 4.78 is 13.2. The Morgan fingerprint density at radius 1 is 0.964 bits per heavy atom. The standard InChI is InChI=1S/C22H17N3O3/c1-16-14-17(25-13-12-23-15-25)9-10-18(16)22(26)28-20-7-3-2-6-19(20)27-21-8-4-5-11-24-21/h2-15H,1H3. The fourth-order valence-corrected chi connectivity index (χ4v) is 2.74. The first-order valence-corrected chi connectivity index (χ1v) is 8.70. The van der Waals surface area contributed by atoms with Crippen LogP contribution in [0.2, 0.25) is 0 Å². The van der Waals surface area contributed by atoms with Crippen molar-refractivity contribution < 1.29 is 14.3 Å². The Bertz CT molecular complexity index is 1090. The minimum atomic E-state index is -0.452. The van der Waals surface area contributed by atoms with Crippen LogP contribution in [0.1, 0.15) is 15.9 Å². The monoisotopic (exact) mass is 371 g/mol. The predicted molar refractivity (Wildman–Crippen MR) is 104 cm³/mol. The molecule has 2 aromatic heterocycles. The number of para-hydroxylation sites is 2. The van der Waals surface area contributed by atoms with Crippen molar-refractivity contribution in [2.24, 2.45) is 0 Å². The van der Waals surface area contributed by atoms with Crippen LogP contribution in [0.4, 0.5) is 0 Å². The minimum Gasteiger partial charge on any atom is -0.435 e. The molecule has 28 heavy (non-hydrogen) atoms. The Morgan fingerprint density at radius 2 is 1.79 bits per heavy atom. The van der Waals surface area contributed by atoms with E-state index < -0.39 is 5.97 Å². The number of rotatable bonds is 5. The third kappa shape index (κ3) is 3.76. The average Bonchev–Trinajstić information content (AvgIpc) is 3.25. The van der Waals surface area contributed by atoms with Crippen molar-refractivity contribution >= 4 is 5.97 Å². The van der Waals surface area contributed by atoms with E-state index in [1.807, 2.05) is 35.9 Å². The van der Waals surface area contributed by atoms with Crippen molar-refractivity contribution in [1.29, 1.82) is 0 Å². The van der Waals surface area contributed by atoms with Gasteiger partial charge in [-0.05, 0) is 48.9 Å². The van der Waals surface area contributed by atoms with E-state index in [1.165, 1.54) is 0 Å². The van der Waals surface area contributed by atoms with Crippen molar-refractivity contribution in [1.82, 2.24) is 14.5 Å². The van der Waals surface area contributed by atoms with Gasteiger partial charge >= 0.3 is 5.97 Å². The van der Waals surface area contributed by atoms with Gasteiger partial charge in [0.2, 0.25) is 5.88 Å². The third-order valence-electron chi connectivity index (χ3n) is 4.14. The lowest BCUT2D eigenvalue weighted by Gasteiger charge is -2.12. The molecule has 0 spiro atoms. The third-order valence-corrected chi connectivity index (χ3v) is 4.14. The molecular formula is C22H17N3O3. The van der Waals surface area contributed by atoms with Crippen LogP contribution in [0.5, 0.6) is 17.4 Å². The first-order valence-electron chi connectivity index (χ1n) is 8.70. The van der Waals surface area contributed by atoms with Crippen LogP contribution < -0.4 is 9.47 Å². The highest BCUT2D eigenvalue weighted by atomic mass is 16.6. The zero-order valence-corrected chi connectivity index (χ0v) is 15.1. The van der Waals surface area contributed by atoms with Gasteiger partial charge in [-0.1, -0.05) is 18.2 Å². The summed E-state index contributed by atoms with van der Waals surface area (Å²) in [7, 11) is 0. The normalized spacial score (nSPS) is 10.5. The van der Waals surface area contributed by atoms with Crippen molar-refractivity contribution in [3.63, 3.8) is 0 Å². The molecule has 2 heterocycles. The van der Waals surface area contributed by atoms with E-state index >= 15 is 0 Å². The predicted octanol–water partition coefficient (Wildman–Crippen LogP) is 4.59. The number of carbonyl (C=O) groups excluding carboxylic acids is 1.